The van der Waals surface area contributed by atoms with Crippen molar-refractivity contribution in [2.75, 3.05) is 13.2 Å². The zero-order valence-electron chi connectivity index (χ0n) is 23.5. The second-order valence-electron chi connectivity index (χ2n) is 11.2. The van der Waals surface area contributed by atoms with E-state index < -0.39 is 17.2 Å². The van der Waals surface area contributed by atoms with Gasteiger partial charge in [-0.2, -0.15) is 0 Å². The fourth-order valence-corrected chi connectivity index (χ4v) is 12.3. The molecule has 0 heterocycles. The van der Waals surface area contributed by atoms with Crippen molar-refractivity contribution in [3.05, 3.63) is 59.7 Å². The van der Waals surface area contributed by atoms with Crippen molar-refractivity contribution < 1.29 is 14.3 Å². The molecule has 2 N–H and O–H groups in total. The first-order chi connectivity index (χ1) is 16.5. The van der Waals surface area contributed by atoms with Crippen LogP contribution in [0.3, 0.4) is 0 Å². The minimum absolute atomic E-state index is 0.0980. The summed E-state index contributed by atoms with van der Waals surface area (Å²) in [7, 11) is -3.72. The number of hydrogen-bond acceptors (Lipinski definition) is 2. The van der Waals surface area contributed by atoms with E-state index in [1.165, 1.54) is 11.1 Å². The molecule has 2 rings (SSSR count). The van der Waals surface area contributed by atoms with Crippen molar-refractivity contribution in [3.8, 4) is 0 Å². The van der Waals surface area contributed by atoms with Gasteiger partial charge in [0.1, 0.15) is 0 Å². The lowest BCUT2D eigenvalue weighted by molar-refractivity contribution is 0.288. The molecule has 0 aliphatic carbocycles. The van der Waals surface area contributed by atoms with Crippen molar-refractivity contribution in [1.29, 1.82) is 0 Å². The first-order valence-electron chi connectivity index (χ1n) is 13.6. The molecule has 2 aromatic rings. The molecule has 0 fully saturated rings. The van der Waals surface area contributed by atoms with Gasteiger partial charge in [-0.1, -0.05) is 109 Å². The Morgan fingerprint density at radius 3 is 1.34 bits per heavy atom. The van der Waals surface area contributed by atoms with E-state index in [-0.39, 0.29) is 24.3 Å². The molecular weight excluding hydrogens is 467 g/mol. The minimum Gasteiger partial charge on any atom is -0.396 e. The molecule has 2 nitrogen and oxygen atoms in total. The van der Waals surface area contributed by atoms with Gasteiger partial charge in [0.05, 0.1) is 8.80 Å². The zero-order chi connectivity index (χ0) is 26.6. The van der Waals surface area contributed by atoms with Gasteiger partial charge in [0.2, 0.25) is 0 Å². The van der Waals surface area contributed by atoms with E-state index in [9.17, 15) is 0 Å². The van der Waals surface area contributed by atoms with Gasteiger partial charge in [-0.05, 0) is 64.2 Å². The van der Waals surface area contributed by atoms with E-state index >= 15 is 4.11 Å². The van der Waals surface area contributed by atoms with E-state index in [0.29, 0.717) is 0 Å². The normalized spacial score (nSPS) is 12.1. The summed E-state index contributed by atoms with van der Waals surface area (Å²) >= 11 is 0. The molecule has 0 saturated heterocycles. The number of aliphatic hydroxyl groups is 2. The van der Waals surface area contributed by atoms with Crippen LogP contribution in [0.25, 0.3) is 0 Å². The Kier molecular flexibility index (Phi) is 14.3. The highest BCUT2D eigenvalue weighted by atomic mass is 28.4. The van der Waals surface area contributed by atoms with Gasteiger partial charge in [-0.15, -0.1) is 0 Å². The van der Waals surface area contributed by atoms with Gasteiger partial charge in [-0.25, -0.2) is 0 Å². The monoisotopic (exact) mass is 518 g/mol. The van der Waals surface area contributed by atoms with Crippen molar-refractivity contribution in [2.24, 2.45) is 0 Å². The van der Waals surface area contributed by atoms with Crippen LogP contribution in [0.1, 0.15) is 79.4 Å². The summed E-state index contributed by atoms with van der Waals surface area (Å²) in [5, 5.41) is 20.1. The molecule has 0 aliphatic heterocycles. The van der Waals surface area contributed by atoms with Gasteiger partial charge in [-0.3, -0.25) is 0 Å². The highest BCUT2D eigenvalue weighted by Gasteiger charge is 2.43. The summed E-state index contributed by atoms with van der Waals surface area (Å²) in [4.78, 5) is 0. The van der Waals surface area contributed by atoms with Crippen LogP contribution in [0.15, 0.2) is 48.5 Å². The summed E-state index contributed by atoms with van der Waals surface area (Å²) in [6.45, 7) is 17.9. The van der Waals surface area contributed by atoms with Crippen molar-refractivity contribution in [1.82, 2.24) is 0 Å². The van der Waals surface area contributed by atoms with Gasteiger partial charge in [0.25, 0.3) is 8.41 Å². The Balaban J connectivity index is 0.000000351. The molecule has 0 saturated carbocycles. The van der Waals surface area contributed by atoms with E-state index in [4.69, 9.17) is 10.2 Å². The Morgan fingerprint density at radius 1 is 0.657 bits per heavy atom. The first-order valence-corrected chi connectivity index (χ1v) is 17.5. The Hall–Kier alpha value is -1.28. The second-order valence-corrected chi connectivity index (χ2v) is 20.0. The number of aliphatic hydroxyl groups excluding tert-OH is 2. The van der Waals surface area contributed by atoms with Gasteiger partial charge < -0.3 is 14.3 Å². The smallest absolute Gasteiger partial charge is 0.282 e. The summed E-state index contributed by atoms with van der Waals surface area (Å²) in [5.41, 5.74) is 4.36. The lowest BCUT2D eigenvalue weighted by Crippen LogP contribution is -2.49. The molecule has 0 bridgehead atoms. The molecule has 0 aliphatic rings. The second kappa shape index (κ2) is 15.8. The predicted octanol–water partition coefficient (Wildman–Crippen LogP) is 6.42. The molecular formula is C30H51FO2Si2. The molecule has 35 heavy (non-hydrogen) atoms. The zero-order valence-corrected chi connectivity index (χ0v) is 25.7. The molecule has 0 atom stereocenters. The molecule has 0 unspecified atom stereocenters. The molecule has 0 radical (unpaired) electrons. The number of halogens is 1. The molecule has 0 spiro atoms. The molecule has 0 aromatic heterocycles. The quantitative estimate of drug-likeness (QED) is 0.251. The molecule has 0 amide bonds. The third-order valence-electron chi connectivity index (χ3n) is 7.13. The van der Waals surface area contributed by atoms with Crippen LogP contribution in [0.4, 0.5) is 4.11 Å². The van der Waals surface area contributed by atoms with Crippen LogP contribution in [0, 0.1) is 0 Å². The van der Waals surface area contributed by atoms with E-state index in [0.717, 1.165) is 42.0 Å². The number of rotatable bonds is 12. The number of hydrogen-bond donors (Lipinski definition) is 2. The summed E-state index contributed by atoms with van der Waals surface area (Å²) in [5.74, 6) is 0. The van der Waals surface area contributed by atoms with Crippen LogP contribution in [-0.4, -0.2) is 40.6 Å². The highest BCUT2D eigenvalue weighted by molar-refractivity contribution is 6.88. The highest BCUT2D eigenvalue weighted by Crippen LogP contribution is 2.33. The van der Waals surface area contributed by atoms with Gasteiger partial charge >= 0.3 is 0 Å². The molecule has 198 valence electrons. The average Bonchev–Trinajstić information content (AvgIpc) is 2.81. The Morgan fingerprint density at radius 2 is 1.03 bits per heavy atom. The van der Waals surface area contributed by atoms with Gasteiger partial charge in [0, 0.05) is 13.2 Å². The topological polar surface area (TPSA) is 40.5 Å². The summed E-state index contributed by atoms with van der Waals surface area (Å²) in [6, 6.07) is 17.1. The third-order valence-corrected chi connectivity index (χ3v) is 15.7. The van der Waals surface area contributed by atoms with Crippen molar-refractivity contribution in [3.63, 3.8) is 0 Å². The van der Waals surface area contributed by atoms with Crippen LogP contribution in [0.5, 0.6) is 0 Å². The first kappa shape index (κ1) is 31.8. The lowest BCUT2D eigenvalue weighted by Gasteiger charge is -2.30. The Labute approximate surface area is 217 Å². The largest absolute Gasteiger partial charge is 0.396 e. The predicted molar refractivity (Wildman–Crippen MR) is 157 cm³/mol. The maximum absolute atomic E-state index is 15.3. The maximum Gasteiger partial charge on any atom is 0.282 e. The van der Waals surface area contributed by atoms with Gasteiger partial charge in [0.15, 0.2) is 0 Å². The fourth-order valence-electron chi connectivity index (χ4n) is 5.27. The summed E-state index contributed by atoms with van der Waals surface area (Å²) in [6.07, 6.45) is 3.49. The third kappa shape index (κ3) is 9.60. The van der Waals surface area contributed by atoms with Crippen LogP contribution < -0.4 is 10.4 Å². The molecule has 5 heteroatoms. The van der Waals surface area contributed by atoms with Crippen LogP contribution >= 0.6 is 0 Å². The van der Waals surface area contributed by atoms with Crippen LogP contribution in [-0.2, 0) is 12.8 Å². The number of benzene rings is 2. The van der Waals surface area contributed by atoms with E-state index in [1.54, 1.807) is 5.19 Å². The lowest BCUT2D eigenvalue weighted by atomic mass is 10.1. The maximum atomic E-state index is 15.3. The van der Waals surface area contributed by atoms with E-state index in [1.807, 2.05) is 52.0 Å². The van der Waals surface area contributed by atoms with Crippen molar-refractivity contribution >= 4 is 27.6 Å². The standard InChI is InChI=1S/C15H25FOSi.C15H26OSi/c1-12(2)18(16,13(3)4)15-9-7-14(8-10-15)6-5-11-17;1-12(2)17(13(3)4)15-9-7-14(8-10-15)6-5-11-16/h7-10,12-13,17H,5-6,11H2,1-4H3;7-10,12-13,16-17H,5-6,11H2,1-4H3. The van der Waals surface area contributed by atoms with Crippen molar-refractivity contribution in [2.45, 2.75) is 103 Å². The minimum atomic E-state index is -2.88. The fraction of sp³-hybridized carbons (Fsp3) is 0.600. The number of aryl methyl sites for hydroxylation is 2. The molecule has 2 aromatic carbocycles. The summed E-state index contributed by atoms with van der Waals surface area (Å²) < 4.78 is 15.3. The Bertz CT molecular complexity index is 801. The SMILES string of the molecule is CC(C)[SiH](c1ccc(CCCO)cc1)C(C)C.CC(C)[Si](F)(c1ccc(CCCO)cc1)C(C)C. The average molecular weight is 519 g/mol. The van der Waals surface area contributed by atoms with E-state index in [2.05, 4.69) is 52.0 Å². The van der Waals surface area contributed by atoms with Crippen LogP contribution in [0.2, 0.25) is 22.2 Å².